The molecule has 0 aliphatic carbocycles. The molecule has 0 radical (unpaired) electrons. The van der Waals surface area contributed by atoms with Gasteiger partial charge in [0.1, 0.15) is 0 Å². The Balaban J connectivity index is 1.64. The molecule has 3 rings (SSSR count). The highest BCUT2D eigenvalue weighted by atomic mass is 35.5. The van der Waals surface area contributed by atoms with Gasteiger partial charge < -0.3 is 4.90 Å². The van der Waals surface area contributed by atoms with E-state index in [1.807, 2.05) is 0 Å². The van der Waals surface area contributed by atoms with Gasteiger partial charge in [0.05, 0.1) is 10.0 Å². The fourth-order valence-corrected chi connectivity index (χ4v) is 3.95. The van der Waals surface area contributed by atoms with Gasteiger partial charge >= 0.3 is 6.18 Å². The average molecular weight is 379 g/mol. The van der Waals surface area contributed by atoms with Crippen LogP contribution in [0.1, 0.15) is 39.9 Å². The van der Waals surface area contributed by atoms with Crippen LogP contribution in [0.15, 0.2) is 11.6 Å². The fraction of sp³-hybridized carbons (Fsp3) is 0.500. The third-order valence-electron chi connectivity index (χ3n) is 3.93. The van der Waals surface area contributed by atoms with Crippen molar-refractivity contribution in [2.75, 3.05) is 13.1 Å². The van der Waals surface area contributed by atoms with E-state index in [1.165, 1.54) is 4.68 Å². The second kappa shape index (κ2) is 6.36. The third kappa shape index (κ3) is 3.41. The number of aromatic nitrogens is 3. The van der Waals surface area contributed by atoms with E-state index in [-0.39, 0.29) is 17.5 Å². The lowest BCUT2D eigenvalue weighted by Crippen LogP contribution is -2.38. The molecule has 0 unspecified atom stereocenters. The van der Waals surface area contributed by atoms with Crippen molar-refractivity contribution in [3.8, 4) is 0 Å². The molecule has 24 heavy (non-hydrogen) atoms. The Hall–Kier alpha value is -1.61. The molecular formula is C14H14ClF3N4OS. The Morgan fingerprint density at radius 1 is 1.38 bits per heavy atom. The van der Waals surface area contributed by atoms with Crippen LogP contribution in [-0.2, 0) is 13.2 Å². The lowest BCUT2D eigenvalue weighted by atomic mass is 9.97. The number of piperidine rings is 1. The Kier molecular flexibility index (Phi) is 4.56. The van der Waals surface area contributed by atoms with Crippen LogP contribution < -0.4 is 0 Å². The van der Waals surface area contributed by atoms with Gasteiger partial charge in [0.2, 0.25) is 0 Å². The Labute approximate surface area is 145 Å². The highest BCUT2D eigenvalue weighted by Crippen LogP contribution is 2.35. The quantitative estimate of drug-likeness (QED) is 0.802. The number of thiazole rings is 1. The minimum atomic E-state index is -4.42. The molecular weight excluding hydrogens is 365 g/mol. The van der Waals surface area contributed by atoms with Crippen LogP contribution in [0.5, 0.6) is 0 Å². The number of rotatable bonds is 2. The van der Waals surface area contributed by atoms with Crippen molar-refractivity contribution in [3.63, 3.8) is 0 Å². The second-order valence-electron chi connectivity index (χ2n) is 5.63. The number of aryl methyl sites for hydroxylation is 1. The molecule has 1 aliphatic heterocycles. The molecule has 130 valence electrons. The van der Waals surface area contributed by atoms with Crippen LogP contribution in [0.2, 0.25) is 5.02 Å². The first-order valence-electron chi connectivity index (χ1n) is 7.26. The molecule has 5 nitrogen and oxygen atoms in total. The van der Waals surface area contributed by atoms with Gasteiger partial charge in [-0.15, -0.1) is 11.3 Å². The minimum Gasteiger partial charge on any atom is -0.337 e. The van der Waals surface area contributed by atoms with Crippen molar-refractivity contribution in [1.82, 2.24) is 19.7 Å². The molecule has 0 aromatic carbocycles. The average Bonchev–Trinajstić information content (AvgIpc) is 3.13. The summed E-state index contributed by atoms with van der Waals surface area (Å²) in [6.07, 6.45) is -1.72. The van der Waals surface area contributed by atoms with Gasteiger partial charge in [-0.25, -0.2) is 4.98 Å². The Bertz CT molecular complexity index is 750. The predicted octanol–water partition coefficient (Wildman–Crippen LogP) is 3.57. The number of nitrogens with zero attached hydrogens (tertiary/aromatic N) is 4. The molecule has 1 saturated heterocycles. The molecule has 0 atom stereocenters. The maximum Gasteiger partial charge on any atom is 0.434 e. The highest BCUT2D eigenvalue weighted by Gasteiger charge is 2.35. The topological polar surface area (TPSA) is 51.0 Å². The van der Waals surface area contributed by atoms with Gasteiger partial charge in [0.15, 0.2) is 11.4 Å². The summed E-state index contributed by atoms with van der Waals surface area (Å²) in [6, 6.07) is 0. The number of hydrogen-bond acceptors (Lipinski definition) is 4. The van der Waals surface area contributed by atoms with Crippen molar-refractivity contribution >= 4 is 28.8 Å². The SMILES string of the molecule is Cn1cc(Cl)c(C(=O)N2CCC(c3nc(C(F)(F)F)cs3)CC2)n1. The van der Waals surface area contributed by atoms with Crippen LogP contribution >= 0.6 is 22.9 Å². The molecule has 3 heterocycles. The molecule has 0 bridgehead atoms. The summed E-state index contributed by atoms with van der Waals surface area (Å²) in [5.41, 5.74) is -0.646. The van der Waals surface area contributed by atoms with Crippen LogP contribution in [0.4, 0.5) is 13.2 Å². The zero-order valence-electron chi connectivity index (χ0n) is 12.7. The highest BCUT2D eigenvalue weighted by molar-refractivity contribution is 7.09. The number of likely N-dealkylation sites (tertiary alicyclic amines) is 1. The summed E-state index contributed by atoms with van der Waals surface area (Å²) in [6.45, 7) is 0.884. The molecule has 1 aliphatic rings. The zero-order valence-corrected chi connectivity index (χ0v) is 14.3. The number of hydrogen-bond donors (Lipinski definition) is 0. The standard InChI is InChI=1S/C14H14ClF3N4OS/c1-21-6-9(15)11(20-21)13(23)22-4-2-8(3-5-22)12-19-10(7-24-12)14(16,17)18/h6-8H,2-5H2,1H3. The predicted molar refractivity (Wildman–Crippen MR) is 83.2 cm³/mol. The summed E-state index contributed by atoms with van der Waals surface area (Å²) in [7, 11) is 1.68. The van der Waals surface area contributed by atoms with E-state index in [2.05, 4.69) is 10.1 Å². The number of carbonyl (C=O) groups is 1. The first kappa shape index (κ1) is 17.2. The van der Waals surface area contributed by atoms with Crippen LogP contribution in [0.3, 0.4) is 0 Å². The van der Waals surface area contributed by atoms with Crippen molar-refractivity contribution in [2.24, 2.45) is 7.05 Å². The zero-order chi connectivity index (χ0) is 17.5. The molecule has 1 amide bonds. The van der Waals surface area contributed by atoms with E-state index >= 15 is 0 Å². The molecule has 2 aromatic heterocycles. The fourth-order valence-electron chi connectivity index (χ4n) is 2.69. The largest absolute Gasteiger partial charge is 0.434 e. The lowest BCUT2D eigenvalue weighted by Gasteiger charge is -2.30. The lowest BCUT2D eigenvalue weighted by molar-refractivity contribution is -0.140. The van der Waals surface area contributed by atoms with Gasteiger partial charge in [-0.3, -0.25) is 9.48 Å². The molecule has 10 heteroatoms. The summed E-state index contributed by atoms with van der Waals surface area (Å²) in [5, 5.41) is 5.86. The van der Waals surface area contributed by atoms with Crippen molar-refractivity contribution in [1.29, 1.82) is 0 Å². The first-order valence-corrected chi connectivity index (χ1v) is 8.52. The van der Waals surface area contributed by atoms with Crippen molar-refractivity contribution in [2.45, 2.75) is 24.9 Å². The van der Waals surface area contributed by atoms with Crippen LogP contribution in [0, 0.1) is 0 Å². The van der Waals surface area contributed by atoms with Crippen LogP contribution in [-0.4, -0.2) is 38.7 Å². The molecule has 2 aromatic rings. The smallest absolute Gasteiger partial charge is 0.337 e. The normalized spacial score (nSPS) is 16.6. The first-order chi connectivity index (χ1) is 11.3. The Morgan fingerprint density at radius 2 is 2.04 bits per heavy atom. The summed E-state index contributed by atoms with van der Waals surface area (Å²) >= 11 is 7.01. The molecule has 0 spiro atoms. The van der Waals surface area contributed by atoms with Gasteiger partial charge in [-0.1, -0.05) is 11.6 Å². The second-order valence-corrected chi connectivity index (χ2v) is 6.93. The molecule has 0 saturated carbocycles. The summed E-state index contributed by atoms with van der Waals surface area (Å²) in [5.74, 6) is -0.316. The van der Waals surface area contributed by atoms with E-state index in [0.717, 1.165) is 16.7 Å². The van der Waals surface area contributed by atoms with E-state index in [1.54, 1.807) is 18.1 Å². The van der Waals surface area contributed by atoms with E-state index in [0.29, 0.717) is 36.0 Å². The van der Waals surface area contributed by atoms with Gasteiger partial charge in [0.25, 0.3) is 5.91 Å². The molecule has 0 N–H and O–H groups in total. The monoisotopic (exact) mass is 378 g/mol. The summed E-state index contributed by atoms with van der Waals surface area (Å²) in [4.78, 5) is 17.7. The van der Waals surface area contributed by atoms with Gasteiger partial charge in [-0.05, 0) is 12.8 Å². The van der Waals surface area contributed by atoms with Gasteiger partial charge in [-0.2, -0.15) is 18.3 Å². The third-order valence-corrected chi connectivity index (χ3v) is 5.21. The van der Waals surface area contributed by atoms with Crippen LogP contribution in [0.25, 0.3) is 0 Å². The number of halogens is 4. The number of amides is 1. The summed E-state index contributed by atoms with van der Waals surface area (Å²) < 4.78 is 39.4. The maximum absolute atomic E-state index is 12.6. The van der Waals surface area contributed by atoms with Gasteiger partial charge in [0, 0.05) is 37.6 Å². The number of carbonyl (C=O) groups excluding carboxylic acids is 1. The van der Waals surface area contributed by atoms with Crippen molar-refractivity contribution < 1.29 is 18.0 Å². The Morgan fingerprint density at radius 3 is 2.54 bits per heavy atom. The van der Waals surface area contributed by atoms with E-state index in [4.69, 9.17) is 11.6 Å². The molecule has 1 fully saturated rings. The number of alkyl halides is 3. The maximum atomic E-state index is 12.6. The van der Waals surface area contributed by atoms with E-state index < -0.39 is 11.9 Å². The van der Waals surface area contributed by atoms with Crippen molar-refractivity contribution in [3.05, 3.63) is 33.0 Å². The minimum absolute atomic E-state index is 0.0608. The van der Waals surface area contributed by atoms with E-state index in [9.17, 15) is 18.0 Å².